The van der Waals surface area contributed by atoms with E-state index in [1.54, 1.807) is 48.3 Å². The molecule has 2 amide bonds. The first kappa shape index (κ1) is 35.2. The standard InChI is InChI=1S/C36H38Br2N2O6/c1-43-19-21-45-33-15-13-29(37)23-31(33)35(41)39(25-27-9-5-3-6-10-27)17-18-40(26-28-11-7-4-8-12-28)36(42)32-24-30(38)14-16-34(32)46-22-20-44-2/h3-16,23-24H,17-22,25-26H2,1-2H3. The molecule has 0 aliphatic carbocycles. The summed E-state index contributed by atoms with van der Waals surface area (Å²) in [5.74, 6) is 0.506. The van der Waals surface area contributed by atoms with Crippen LogP contribution in [0.3, 0.4) is 0 Å². The maximum Gasteiger partial charge on any atom is 0.258 e. The number of rotatable bonds is 17. The van der Waals surface area contributed by atoms with Gasteiger partial charge in [0.2, 0.25) is 0 Å². The molecular formula is C36H38Br2N2O6. The molecule has 4 aromatic carbocycles. The molecular weight excluding hydrogens is 716 g/mol. The predicted molar refractivity (Wildman–Crippen MR) is 185 cm³/mol. The van der Waals surface area contributed by atoms with Gasteiger partial charge in [0.25, 0.3) is 11.8 Å². The van der Waals surface area contributed by atoms with E-state index >= 15 is 0 Å². The van der Waals surface area contributed by atoms with Crippen molar-refractivity contribution in [3.63, 3.8) is 0 Å². The van der Waals surface area contributed by atoms with Crippen LogP contribution in [0.4, 0.5) is 0 Å². The van der Waals surface area contributed by atoms with Gasteiger partial charge >= 0.3 is 0 Å². The summed E-state index contributed by atoms with van der Waals surface area (Å²) in [5, 5.41) is 0. The zero-order valence-corrected chi connectivity index (χ0v) is 29.2. The number of carbonyl (C=O) groups excluding carboxylic acids is 2. The van der Waals surface area contributed by atoms with E-state index in [2.05, 4.69) is 31.9 Å². The van der Waals surface area contributed by atoms with Crippen LogP contribution in [0.5, 0.6) is 11.5 Å². The molecule has 0 unspecified atom stereocenters. The van der Waals surface area contributed by atoms with Crippen LogP contribution in [-0.2, 0) is 22.6 Å². The molecule has 0 saturated heterocycles. The second-order valence-corrected chi connectivity index (χ2v) is 12.2. The molecule has 4 aromatic rings. The van der Waals surface area contributed by atoms with Crippen LogP contribution in [0.1, 0.15) is 31.8 Å². The third-order valence-corrected chi connectivity index (χ3v) is 8.07. The Morgan fingerprint density at radius 3 is 1.33 bits per heavy atom. The molecule has 0 aliphatic rings. The minimum absolute atomic E-state index is 0.212. The summed E-state index contributed by atoms with van der Waals surface area (Å²) in [5.41, 5.74) is 2.77. The summed E-state index contributed by atoms with van der Waals surface area (Å²) in [6.45, 7) is 2.62. The Kier molecular flexibility index (Phi) is 14.1. The fraction of sp³-hybridized carbons (Fsp3) is 0.278. The van der Waals surface area contributed by atoms with E-state index in [1.807, 2.05) is 72.8 Å². The van der Waals surface area contributed by atoms with Crippen LogP contribution in [-0.4, -0.2) is 75.4 Å². The Hall–Kier alpha value is -3.70. The van der Waals surface area contributed by atoms with Gasteiger partial charge in [-0.3, -0.25) is 9.59 Å². The Morgan fingerprint density at radius 1 is 0.565 bits per heavy atom. The summed E-state index contributed by atoms with van der Waals surface area (Å²) in [6, 6.07) is 30.3. The van der Waals surface area contributed by atoms with Gasteiger partial charge in [0.05, 0.1) is 24.3 Å². The third-order valence-electron chi connectivity index (χ3n) is 7.08. The smallest absolute Gasteiger partial charge is 0.258 e. The van der Waals surface area contributed by atoms with E-state index in [9.17, 15) is 9.59 Å². The fourth-order valence-electron chi connectivity index (χ4n) is 4.75. The normalized spacial score (nSPS) is 10.8. The lowest BCUT2D eigenvalue weighted by Crippen LogP contribution is -2.41. The van der Waals surface area contributed by atoms with Crippen LogP contribution in [0.15, 0.2) is 106 Å². The monoisotopic (exact) mass is 752 g/mol. The highest BCUT2D eigenvalue weighted by molar-refractivity contribution is 9.10. The number of halogens is 2. The van der Waals surface area contributed by atoms with E-state index in [1.165, 1.54) is 0 Å². The van der Waals surface area contributed by atoms with Gasteiger partial charge in [-0.1, -0.05) is 92.5 Å². The Labute approximate surface area is 287 Å². The van der Waals surface area contributed by atoms with Crippen LogP contribution in [0, 0.1) is 0 Å². The Morgan fingerprint density at radius 2 is 0.957 bits per heavy atom. The molecule has 0 fully saturated rings. The van der Waals surface area contributed by atoms with Crippen LogP contribution < -0.4 is 9.47 Å². The maximum atomic E-state index is 14.3. The van der Waals surface area contributed by atoms with Crippen molar-refractivity contribution in [2.45, 2.75) is 13.1 Å². The molecule has 0 heterocycles. The van der Waals surface area contributed by atoms with Crippen molar-refractivity contribution < 1.29 is 28.5 Å². The van der Waals surface area contributed by atoms with Crippen molar-refractivity contribution in [1.82, 2.24) is 9.80 Å². The SMILES string of the molecule is COCCOc1ccc(Br)cc1C(=O)N(CCN(Cc1ccccc1)C(=O)c1cc(Br)ccc1OCCOC)Cc1ccccc1. The second-order valence-electron chi connectivity index (χ2n) is 10.4. The van der Waals surface area contributed by atoms with Crippen LogP contribution >= 0.6 is 31.9 Å². The number of hydrogen-bond acceptors (Lipinski definition) is 6. The molecule has 0 radical (unpaired) electrons. The van der Waals surface area contributed by atoms with Gasteiger partial charge in [-0.05, 0) is 47.5 Å². The van der Waals surface area contributed by atoms with E-state index in [-0.39, 0.29) is 24.9 Å². The zero-order valence-electron chi connectivity index (χ0n) is 26.0. The van der Waals surface area contributed by atoms with Gasteiger partial charge < -0.3 is 28.7 Å². The van der Waals surface area contributed by atoms with Crippen molar-refractivity contribution >= 4 is 43.7 Å². The average Bonchev–Trinajstić information content (AvgIpc) is 3.07. The molecule has 0 N–H and O–H groups in total. The number of nitrogens with zero attached hydrogens (tertiary/aromatic N) is 2. The molecule has 8 nitrogen and oxygen atoms in total. The first-order valence-electron chi connectivity index (χ1n) is 14.9. The van der Waals surface area contributed by atoms with Gasteiger partial charge in [-0.25, -0.2) is 0 Å². The quantitative estimate of drug-likeness (QED) is 0.106. The predicted octanol–water partition coefficient (Wildman–Crippen LogP) is 7.25. The molecule has 4 rings (SSSR count). The maximum absolute atomic E-state index is 14.3. The van der Waals surface area contributed by atoms with Crippen LogP contribution in [0.25, 0.3) is 0 Å². The van der Waals surface area contributed by atoms with E-state index in [0.29, 0.717) is 62.1 Å². The molecule has 0 bridgehead atoms. The molecule has 242 valence electrons. The first-order chi connectivity index (χ1) is 22.4. The third kappa shape index (κ3) is 10.4. The van der Waals surface area contributed by atoms with Crippen molar-refractivity contribution in [3.05, 3.63) is 128 Å². The lowest BCUT2D eigenvalue weighted by atomic mass is 10.1. The van der Waals surface area contributed by atoms with Crippen molar-refractivity contribution in [2.75, 3.05) is 53.7 Å². The number of carbonyl (C=O) groups is 2. The molecule has 0 saturated carbocycles. The summed E-state index contributed by atoms with van der Waals surface area (Å²) in [7, 11) is 3.20. The van der Waals surface area contributed by atoms with Gasteiger partial charge in [0.15, 0.2) is 0 Å². The van der Waals surface area contributed by atoms with Crippen molar-refractivity contribution in [1.29, 1.82) is 0 Å². The number of benzene rings is 4. The van der Waals surface area contributed by atoms with Gasteiger partial charge in [-0.2, -0.15) is 0 Å². The zero-order chi connectivity index (χ0) is 32.7. The summed E-state index contributed by atoms with van der Waals surface area (Å²) < 4.78 is 23.7. The van der Waals surface area contributed by atoms with E-state index in [4.69, 9.17) is 18.9 Å². The van der Waals surface area contributed by atoms with Crippen molar-refractivity contribution in [2.24, 2.45) is 0 Å². The minimum atomic E-state index is -0.212. The Balaban J connectivity index is 1.66. The summed E-state index contributed by atoms with van der Waals surface area (Å²) in [4.78, 5) is 32.0. The highest BCUT2D eigenvalue weighted by atomic mass is 79.9. The molecule has 0 aromatic heterocycles. The molecule has 0 spiro atoms. The Bertz CT molecular complexity index is 1440. The van der Waals surface area contributed by atoms with Gasteiger partial charge in [0, 0.05) is 49.3 Å². The molecule has 46 heavy (non-hydrogen) atoms. The molecule has 0 aliphatic heterocycles. The molecule has 0 atom stereocenters. The molecule has 10 heteroatoms. The lowest BCUT2D eigenvalue weighted by molar-refractivity contribution is 0.0637. The van der Waals surface area contributed by atoms with Crippen LogP contribution in [0.2, 0.25) is 0 Å². The first-order valence-corrected chi connectivity index (χ1v) is 16.5. The van der Waals surface area contributed by atoms with E-state index in [0.717, 1.165) is 20.1 Å². The number of amides is 2. The number of hydrogen-bond donors (Lipinski definition) is 0. The minimum Gasteiger partial charge on any atom is -0.490 e. The fourth-order valence-corrected chi connectivity index (χ4v) is 5.48. The number of ether oxygens (including phenoxy) is 4. The lowest BCUT2D eigenvalue weighted by Gasteiger charge is -2.29. The largest absolute Gasteiger partial charge is 0.490 e. The van der Waals surface area contributed by atoms with Crippen molar-refractivity contribution in [3.8, 4) is 11.5 Å². The average molecular weight is 755 g/mol. The van der Waals surface area contributed by atoms with Gasteiger partial charge in [-0.15, -0.1) is 0 Å². The van der Waals surface area contributed by atoms with Gasteiger partial charge in [0.1, 0.15) is 24.7 Å². The summed E-state index contributed by atoms with van der Waals surface area (Å²) >= 11 is 7.03. The topological polar surface area (TPSA) is 77.5 Å². The highest BCUT2D eigenvalue weighted by Crippen LogP contribution is 2.27. The second kappa shape index (κ2) is 18.4. The summed E-state index contributed by atoms with van der Waals surface area (Å²) in [6.07, 6.45) is 0. The van der Waals surface area contributed by atoms with E-state index < -0.39 is 0 Å². The highest BCUT2D eigenvalue weighted by Gasteiger charge is 2.25. The number of methoxy groups -OCH3 is 2.